The van der Waals surface area contributed by atoms with Crippen molar-refractivity contribution < 1.29 is 9.18 Å². The van der Waals surface area contributed by atoms with Gasteiger partial charge in [0, 0.05) is 6.20 Å². The van der Waals surface area contributed by atoms with Crippen molar-refractivity contribution in [2.24, 2.45) is 0 Å². The van der Waals surface area contributed by atoms with Crippen LogP contribution in [0.4, 0.5) is 10.1 Å². The van der Waals surface area contributed by atoms with E-state index in [0.717, 1.165) is 11.1 Å². The first-order valence-electron chi connectivity index (χ1n) is 6.12. The molecule has 1 aromatic heterocycles. The molecule has 1 amide bonds. The summed E-state index contributed by atoms with van der Waals surface area (Å²) in [5.74, 6) is -0.639. The molecule has 5 heteroatoms. The van der Waals surface area contributed by atoms with E-state index in [4.69, 9.17) is 11.6 Å². The van der Waals surface area contributed by atoms with Crippen LogP contribution in [0.1, 0.15) is 11.1 Å². The fourth-order valence-corrected chi connectivity index (χ4v) is 2.00. The van der Waals surface area contributed by atoms with Gasteiger partial charge in [-0.1, -0.05) is 12.1 Å². The van der Waals surface area contributed by atoms with Crippen molar-refractivity contribution in [1.29, 1.82) is 0 Å². The lowest BCUT2D eigenvalue weighted by Gasteiger charge is -2.22. The highest BCUT2D eigenvalue weighted by Gasteiger charge is 2.15. The Morgan fingerprint density at radius 1 is 1.30 bits per heavy atom. The van der Waals surface area contributed by atoms with E-state index in [1.54, 1.807) is 29.4 Å². The van der Waals surface area contributed by atoms with Crippen molar-refractivity contribution in [3.05, 3.63) is 59.7 Å². The molecular formula is C15H14ClFN2O. The number of aryl methyl sites for hydroxylation is 1. The van der Waals surface area contributed by atoms with Crippen LogP contribution in [0.25, 0.3) is 0 Å². The number of rotatable bonds is 4. The van der Waals surface area contributed by atoms with Crippen LogP contribution in [0.15, 0.2) is 42.7 Å². The van der Waals surface area contributed by atoms with Gasteiger partial charge in [0.25, 0.3) is 0 Å². The minimum absolute atomic E-state index is 0.116. The Morgan fingerprint density at radius 2 is 2.00 bits per heavy atom. The number of nitrogens with zero attached hydrogens (tertiary/aromatic N) is 2. The lowest BCUT2D eigenvalue weighted by molar-refractivity contribution is -0.116. The first-order chi connectivity index (χ1) is 9.60. The molecule has 20 heavy (non-hydrogen) atoms. The number of amides is 1. The number of alkyl halides is 1. The van der Waals surface area contributed by atoms with Crippen LogP contribution in [0.2, 0.25) is 0 Å². The molecule has 0 atom stereocenters. The zero-order valence-corrected chi connectivity index (χ0v) is 11.8. The second kappa shape index (κ2) is 6.48. The number of carbonyl (C=O) groups excluding carboxylic acids is 1. The highest BCUT2D eigenvalue weighted by molar-refractivity contribution is 6.29. The molecule has 2 rings (SSSR count). The van der Waals surface area contributed by atoms with E-state index in [9.17, 15) is 9.18 Å². The lowest BCUT2D eigenvalue weighted by atomic mass is 10.2. The van der Waals surface area contributed by atoms with Crippen LogP contribution in [0, 0.1) is 12.7 Å². The van der Waals surface area contributed by atoms with Crippen LogP contribution in [0.3, 0.4) is 0 Å². The zero-order chi connectivity index (χ0) is 14.5. The molecular weight excluding hydrogens is 279 g/mol. The molecule has 0 aliphatic rings. The molecule has 0 saturated carbocycles. The summed E-state index contributed by atoms with van der Waals surface area (Å²) in [7, 11) is 0. The van der Waals surface area contributed by atoms with Crippen LogP contribution >= 0.6 is 11.6 Å². The lowest BCUT2D eigenvalue weighted by Crippen LogP contribution is -2.31. The van der Waals surface area contributed by atoms with Crippen LogP contribution in [-0.2, 0) is 11.3 Å². The molecule has 3 nitrogen and oxygen atoms in total. The molecule has 0 aliphatic heterocycles. The largest absolute Gasteiger partial charge is 0.305 e. The summed E-state index contributed by atoms with van der Waals surface area (Å²) in [4.78, 5) is 17.6. The number of anilines is 1. The first kappa shape index (κ1) is 14.5. The molecule has 0 aliphatic carbocycles. The Morgan fingerprint density at radius 3 is 2.60 bits per heavy atom. The van der Waals surface area contributed by atoms with Crippen LogP contribution in [0.5, 0.6) is 0 Å². The minimum atomic E-state index is -0.304. The molecule has 104 valence electrons. The van der Waals surface area contributed by atoms with E-state index in [1.165, 1.54) is 12.1 Å². The third-order valence-corrected chi connectivity index (χ3v) is 3.07. The van der Waals surface area contributed by atoms with Crippen molar-refractivity contribution >= 4 is 23.2 Å². The SMILES string of the molecule is Cc1cncc(N(Cc2ccc(F)cc2)C(=O)CCl)c1. The van der Waals surface area contributed by atoms with Gasteiger partial charge >= 0.3 is 0 Å². The number of carbonyl (C=O) groups is 1. The van der Waals surface area contributed by atoms with E-state index < -0.39 is 0 Å². The molecule has 0 radical (unpaired) electrons. The maximum absolute atomic E-state index is 12.9. The first-order valence-corrected chi connectivity index (χ1v) is 6.66. The van der Waals surface area contributed by atoms with Crippen molar-refractivity contribution in [3.63, 3.8) is 0 Å². The van der Waals surface area contributed by atoms with Crippen molar-refractivity contribution in [3.8, 4) is 0 Å². The second-order valence-corrected chi connectivity index (χ2v) is 4.73. The van der Waals surface area contributed by atoms with Crippen molar-refractivity contribution in [2.45, 2.75) is 13.5 Å². The van der Waals surface area contributed by atoms with Crippen molar-refractivity contribution in [2.75, 3.05) is 10.8 Å². The maximum atomic E-state index is 12.9. The number of benzene rings is 1. The van der Waals surface area contributed by atoms with Gasteiger partial charge in [-0.3, -0.25) is 9.78 Å². The van der Waals surface area contributed by atoms with E-state index in [-0.39, 0.29) is 17.6 Å². The monoisotopic (exact) mass is 292 g/mol. The maximum Gasteiger partial charge on any atom is 0.242 e. The summed E-state index contributed by atoms with van der Waals surface area (Å²) in [5, 5.41) is 0. The van der Waals surface area contributed by atoms with Gasteiger partial charge in [0.1, 0.15) is 11.7 Å². The number of aromatic nitrogens is 1. The van der Waals surface area contributed by atoms with Crippen LogP contribution in [-0.4, -0.2) is 16.8 Å². The smallest absolute Gasteiger partial charge is 0.242 e. The van der Waals surface area contributed by atoms with Gasteiger partial charge in [-0.2, -0.15) is 0 Å². The van der Waals surface area contributed by atoms with E-state index in [1.807, 2.05) is 13.0 Å². The summed E-state index contributed by atoms with van der Waals surface area (Å²) < 4.78 is 12.9. The highest BCUT2D eigenvalue weighted by atomic mass is 35.5. The third-order valence-electron chi connectivity index (χ3n) is 2.84. The van der Waals surface area contributed by atoms with Gasteiger partial charge in [0.2, 0.25) is 5.91 Å². The normalized spacial score (nSPS) is 10.3. The van der Waals surface area contributed by atoms with Gasteiger partial charge in [-0.25, -0.2) is 4.39 Å². The predicted molar refractivity (Wildman–Crippen MR) is 77.3 cm³/mol. The standard InChI is InChI=1S/C15H14ClFN2O/c1-11-6-14(9-18-8-11)19(15(20)7-16)10-12-2-4-13(17)5-3-12/h2-6,8-9H,7,10H2,1H3. The number of hydrogen-bond donors (Lipinski definition) is 0. The van der Waals surface area contributed by atoms with Gasteiger partial charge in [0.15, 0.2) is 0 Å². The Labute approximate surface area is 122 Å². The molecule has 0 unspecified atom stereocenters. The average Bonchev–Trinajstić information content (AvgIpc) is 2.46. The summed E-state index contributed by atoms with van der Waals surface area (Å²) >= 11 is 5.66. The minimum Gasteiger partial charge on any atom is -0.305 e. The Kier molecular flexibility index (Phi) is 4.69. The summed E-state index contributed by atoms with van der Waals surface area (Å²) in [6, 6.07) is 7.89. The molecule has 0 fully saturated rings. The molecule has 0 saturated heterocycles. The summed E-state index contributed by atoms with van der Waals surface area (Å²) in [6.07, 6.45) is 3.33. The highest BCUT2D eigenvalue weighted by Crippen LogP contribution is 2.18. The Balaban J connectivity index is 2.28. The van der Waals surface area contributed by atoms with Gasteiger partial charge < -0.3 is 4.90 Å². The fraction of sp³-hybridized carbons (Fsp3) is 0.200. The molecule has 1 aromatic carbocycles. The summed E-state index contributed by atoms with van der Waals surface area (Å²) in [6.45, 7) is 2.23. The number of pyridine rings is 1. The molecule has 0 N–H and O–H groups in total. The predicted octanol–water partition coefficient (Wildman–Crippen LogP) is 3.30. The van der Waals surface area contributed by atoms with Crippen LogP contribution < -0.4 is 4.90 Å². The van der Waals surface area contributed by atoms with Gasteiger partial charge in [-0.15, -0.1) is 11.6 Å². The van der Waals surface area contributed by atoms with Gasteiger partial charge in [-0.05, 0) is 36.2 Å². The molecule has 1 heterocycles. The van der Waals surface area contributed by atoms with Crippen molar-refractivity contribution in [1.82, 2.24) is 4.98 Å². The zero-order valence-electron chi connectivity index (χ0n) is 11.0. The molecule has 2 aromatic rings. The topological polar surface area (TPSA) is 33.2 Å². The third kappa shape index (κ3) is 3.54. The number of hydrogen-bond acceptors (Lipinski definition) is 2. The fourth-order valence-electron chi connectivity index (χ4n) is 1.85. The molecule has 0 spiro atoms. The van der Waals surface area contributed by atoms with E-state index >= 15 is 0 Å². The quantitative estimate of drug-likeness (QED) is 0.810. The molecule has 0 bridgehead atoms. The average molecular weight is 293 g/mol. The number of halogens is 2. The second-order valence-electron chi connectivity index (χ2n) is 4.46. The van der Waals surface area contributed by atoms with E-state index in [2.05, 4.69) is 4.98 Å². The Bertz CT molecular complexity index is 601. The Hall–Kier alpha value is -1.94. The van der Waals surface area contributed by atoms with Gasteiger partial charge in [0.05, 0.1) is 18.4 Å². The summed E-state index contributed by atoms with van der Waals surface area (Å²) in [5.41, 5.74) is 2.46. The van der Waals surface area contributed by atoms with E-state index in [0.29, 0.717) is 12.2 Å².